The minimum Gasteiger partial charge on any atom is -0.395 e. The van der Waals surface area contributed by atoms with Crippen LogP contribution in [0.4, 0.5) is 0 Å². The van der Waals surface area contributed by atoms with Crippen LogP contribution in [-0.2, 0) is 10.0 Å². The van der Waals surface area contributed by atoms with Crippen LogP contribution in [0, 0.1) is 0 Å². The molecule has 2 N–H and O–H groups in total. The smallest absolute Gasteiger partial charge is 0.215 e. The second-order valence-corrected chi connectivity index (χ2v) is 5.53. The lowest BCUT2D eigenvalue weighted by Crippen LogP contribution is -2.39. The first-order valence-electron chi connectivity index (χ1n) is 4.87. The summed E-state index contributed by atoms with van der Waals surface area (Å²) in [5.41, 5.74) is 0. The molecule has 0 aromatic carbocycles. The average Bonchev–Trinajstić information content (AvgIpc) is 2.94. The van der Waals surface area contributed by atoms with Gasteiger partial charge in [0.1, 0.15) is 0 Å². The van der Waals surface area contributed by atoms with Gasteiger partial charge in [0, 0.05) is 19.1 Å². The first kappa shape index (κ1) is 11.9. The van der Waals surface area contributed by atoms with Gasteiger partial charge >= 0.3 is 0 Å². The maximum atomic E-state index is 11.7. The van der Waals surface area contributed by atoms with Crippen LogP contribution in [0.15, 0.2) is 0 Å². The number of hydrogen-bond acceptors (Lipinski definition) is 4. The first-order chi connectivity index (χ1) is 6.61. The van der Waals surface area contributed by atoms with E-state index in [-0.39, 0.29) is 24.9 Å². The maximum absolute atomic E-state index is 11.7. The van der Waals surface area contributed by atoms with E-state index in [9.17, 15) is 8.42 Å². The van der Waals surface area contributed by atoms with Crippen LogP contribution < -0.4 is 5.32 Å². The fraction of sp³-hybridized carbons (Fsp3) is 1.00. The van der Waals surface area contributed by atoms with Crippen LogP contribution in [0.2, 0.25) is 0 Å². The van der Waals surface area contributed by atoms with Gasteiger partial charge in [0.25, 0.3) is 0 Å². The zero-order valence-electron chi connectivity index (χ0n) is 8.44. The number of sulfonamides is 1. The molecular formula is C8H18N2O3S. The van der Waals surface area contributed by atoms with E-state index in [0.29, 0.717) is 6.54 Å². The van der Waals surface area contributed by atoms with E-state index >= 15 is 0 Å². The van der Waals surface area contributed by atoms with Crippen LogP contribution in [0.25, 0.3) is 0 Å². The molecule has 0 amide bonds. The van der Waals surface area contributed by atoms with Crippen LogP contribution in [0.5, 0.6) is 0 Å². The van der Waals surface area contributed by atoms with Crippen LogP contribution in [0.1, 0.15) is 12.8 Å². The number of aliphatic hydroxyl groups excluding tert-OH is 1. The number of aliphatic hydroxyl groups is 1. The second-order valence-electron chi connectivity index (χ2n) is 3.49. The number of nitrogens with zero attached hydrogens (tertiary/aromatic N) is 1. The van der Waals surface area contributed by atoms with Gasteiger partial charge in [-0.05, 0) is 19.9 Å². The quantitative estimate of drug-likeness (QED) is 0.579. The van der Waals surface area contributed by atoms with E-state index in [2.05, 4.69) is 5.32 Å². The third-order valence-corrected chi connectivity index (χ3v) is 4.16. The molecule has 6 heteroatoms. The Labute approximate surface area is 85.2 Å². The Morgan fingerprint density at radius 2 is 2.14 bits per heavy atom. The summed E-state index contributed by atoms with van der Waals surface area (Å²) in [5, 5.41) is 11.6. The van der Waals surface area contributed by atoms with Gasteiger partial charge in [-0.25, -0.2) is 8.42 Å². The molecule has 1 aliphatic carbocycles. The minimum absolute atomic E-state index is 0.102. The Bertz CT molecular complexity index is 262. The van der Waals surface area contributed by atoms with Crippen molar-refractivity contribution in [3.63, 3.8) is 0 Å². The molecule has 0 saturated heterocycles. The van der Waals surface area contributed by atoms with E-state index in [4.69, 9.17) is 5.11 Å². The molecule has 1 aliphatic rings. The molecule has 84 valence electrons. The molecule has 0 bridgehead atoms. The zero-order chi connectivity index (χ0) is 10.6. The van der Waals surface area contributed by atoms with Gasteiger partial charge in [0.05, 0.1) is 12.4 Å². The molecule has 0 aromatic rings. The van der Waals surface area contributed by atoms with E-state index in [0.717, 1.165) is 12.8 Å². The maximum Gasteiger partial charge on any atom is 0.215 e. The van der Waals surface area contributed by atoms with Gasteiger partial charge in [-0.2, -0.15) is 4.31 Å². The van der Waals surface area contributed by atoms with Crippen LogP contribution >= 0.6 is 0 Å². The number of nitrogens with one attached hydrogen (secondary N) is 1. The summed E-state index contributed by atoms with van der Waals surface area (Å²) in [6.45, 7) is 0.586. The molecule has 1 fully saturated rings. The molecule has 1 saturated carbocycles. The van der Waals surface area contributed by atoms with Crippen molar-refractivity contribution in [3.8, 4) is 0 Å². The average molecular weight is 222 g/mol. The number of rotatable bonds is 7. The largest absolute Gasteiger partial charge is 0.395 e. The molecule has 0 spiro atoms. The lowest BCUT2D eigenvalue weighted by molar-refractivity contribution is 0.250. The van der Waals surface area contributed by atoms with Crippen molar-refractivity contribution in [2.75, 3.05) is 32.5 Å². The van der Waals surface area contributed by atoms with Gasteiger partial charge in [0.2, 0.25) is 10.0 Å². The topological polar surface area (TPSA) is 69.6 Å². The standard InChI is InChI=1S/C8H18N2O3S/c1-9-4-7-14(12,13)10(5-6-11)8-2-3-8/h8-9,11H,2-7H2,1H3. The van der Waals surface area contributed by atoms with Crippen LogP contribution in [0.3, 0.4) is 0 Å². The highest BCUT2D eigenvalue weighted by atomic mass is 32.2. The third kappa shape index (κ3) is 3.20. The molecule has 0 aliphatic heterocycles. The Hall–Kier alpha value is -0.170. The predicted molar refractivity (Wildman–Crippen MR) is 54.5 cm³/mol. The molecule has 5 nitrogen and oxygen atoms in total. The summed E-state index contributed by atoms with van der Waals surface area (Å²) in [4.78, 5) is 0. The van der Waals surface area contributed by atoms with Crippen molar-refractivity contribution in [2.45, 2.75) is 18.9 Å². The molecule has 0 atom stereocenters. The molecule has 14 heavy (non-hydrogen) atoms. The summed E-state index contributed by atoms with van der Waals surface area (Å²) < 4.78 is 24.9. The Morgan fingerprint density at radius 1 is 1.50 bits per heavy atom. The Balaban J connectivity index is 2.55. The lowest BCUT2D eigenvalue weighted by atomic mass is 10.6. The minimum atomic E-state index is -3.17. The monoisotopic (exact) mass is 222 g/mol. The third-order valence-electron chi connectivity index (χ3n) is 2.24. The Morgan fingerprint density at radius 3 is 2.57 bits per heavy atom. The van der Waals surface area contributed by atoms with Crippen molar-refractivity contribution in [3.05, 3.63) is 0 Å². The van der Waals surface area contributed by atoms with Gasteiger partial charge in [0.15, 0.2) is 0 Å². The molecule has 0 radical (unpaired) electrons. The summed E-state index contributed by atoms with van der Waals surface area (Å²) >= 11 is 0. The van der Waals surface area contributed by atoms with Crippen molar-refractivity contribution in [1.29, 1.82) is 0 Å². The zero-order valence-corrected chi connectivity index (χ0v) is 9.26. The highest BCUT2D eigenvalue weighted by Gasteiger charge is 2.36. The van der Waals surface area contributed by atoms with E-state index < -0.39 is 10.0 Å². The summed E-state index contributed by atoms with van der Waals surface area (Å²) in [7, 11) is -1.45. The highest BCUT2D eigenvalue weighted by molar-refractivity contribution is 7.89. The summed E-state index contributed by atoms with van der Waals surface area (Å²) in [6.07, 6.45) is 1.86. The van der Waals surface area contributed by atoms with Crippen molar-refractivity contribution in [2.24, 2.45) is 0 Å². The van der Waals surface area contributed by atoms with Gasteiger partial charge < -0.3 is 10.4 Å². The Kier molecular flexibility index (Phi) is 4.31. The number of hydrogen-bond donors (Lipinski definition) is 2. The van der Waals surface area contributed by atoms with Crippen molar-refractivity contribution >= 4 is 10.0 Å². The van der Waals surface area contributed by atoms with Gasteiger partial charge in [-0.15, -0.1) is 0 Å². The van der Waals surface area contributed by atoms with Crippen LogP contribution in [-0.4, -0.2) is 56.4 Å². The molecular weight excluding hydrogens is 204 g/mol. The highest BCUT2D eigenvalue weighted by Crippen LogP contribution is 2.28. The summed E-state index contributed by atoms with van der Waals surface area (Å²) in [6, 6.07) is 0.143. The van der Waals surface area contributed by atoms with Crippen molar-refractivity contribution in [1.82, 2.24) is 9.62 Å². The molecule has 0 heterocycles. The lowest BCUT2D eigenvalue weighted by Gasteiger charge is -2.20. The molecule has 0 aromatic heterocycles. The van der Waals surface area contributed by atoms with Gasteiger partial charge in [-0.3, -0.25) is 0 Å². The SMILES string of the molecule is CNCCS(=O)(=O)N(CCO)C1CC1. The molecule has 0 unspecified atom stereocenters. The summed E-state index contributed by atoms with van der Waals surface area (Å²) in [5.74, 6) is 0.111. The van der Waals surface area contributed by atoms with Gasteiger partial charge in [-0.1, -0.05) is 0 Å². The normalized spacial score (nSPS) is 17.6. The second kappa shape index (κ2) is 5.06. The van der Waals surface area contributed by atoms with E-state index in [1.165, 1.54) is 4.31 Å². The first-order valence-corrected chi connectivity index (χ1v) is 6.47. The van der Waals surface area contributed by atoms with Crippen molar-refractivity contribution < 1.29 is 13.5 Å². The van der Waals surface area contributed by atoms with E-state index in [1.807, 2.05) is 0 Å². The van der Waals surface area contributed by atoms with E-state index in [1.54, 1.807) is 7.05 Å². The molecule has 1 rings (SSSR count). The fourth-order valence-electron chi connectivity index (χ4n) is 1.36. The fourth-order valence-corrected chi connectivity index (χ4v) is 3.08. The predicted octanol–water partition coefficient (Wildman–Crippen LogP) is -1.01.